The number of carbonyl (C=O) groups is 1. The molecule has 0 atom stereocenters. The first-order valence-electron chi connectivity index (χ1n) is 5.37. The van der Waals surface area contributed by atoms with E-state index in [1.165, 1.54) is 4.68 Å². The van der Waals surface area contributed by atoms with E-state index in [0.29, 0.717) is 23.8 Å². The molecule has 0 aliphatic heterocycles. The highest BCUT2D eigenvalue weighted by molar-refractivity contribution is 6.30. The van der Waals surface area contributed by atoms with Gasteiger partial charge in [-0.2, -0.15) is 0 Å². The minimum absolute atomic E-state index is 0.0830. The summed E-state index contributed by atoms with van der Waals surface area (Å²) in [6.07, 6.45) is 0.308. The second kappa shape index (κ2) is 5.59. The average molecular weight is 266 g/mol. The first-order chi connectivity index (χ1) is 8.65. The standard InChI is InChI=1S/C11H12ClN5O/c1-17-10(14-15-16-17)7-13-11(18)6-8-2-4-9(12)5-3-8/h2-5H,6-7H2,1H3,(H,13,18). The van der Waals surface area contributed by atoms with Gasteiger partial charge in [0.2, 0.25) is 5.91 Å². The summed E-state index contributed by atoms with van der Waals surface area (Å²) in [5, 5.41) is 14.4. The number of rotatable bonds is 4. The van der Waals surface area contributed by atoms with Gasteiger partial charge in [0.05, 0.1) is 13.0 Å². The van der Waals surface area contributed by atoms with Crippen LogP contribution in [0.5, 0.6) is 0 Å². The Hall–Kier alpha value is -1.95. The van der Waals surface area contributed by atoms with Gasteiger partial charge >= 0.3 is 0 Å². The second-order valence-electron chi connectivity index (χ2n) is 3.80. The summed E-state index contributed by atoms with van der Waals surface area (Å²) < 4.78 is 1.52. The summed E-state index contributed by atoms with van der Waals surface area (Å²) in [6, 6.07) is 7.17. The number of hydrogen-bond acceptors (Lipinski definition) is 4. The minimum Gasteiger partial charge on any atom is -0.348 e. The molecule has 0 saturated carbocycles. The molecule has 2 rings (SSSR count). The van der Waals surface area contributed by atoms with Crippen LogP contribution in [0.15, 0.2) is 24.3 Å². The number of nitrogens with zero attached hydrogens (tertiary/aromatic N) is 4. The fourth-order valence-electron chi connectivity index (χ4n) is 1.43. The molecule has 1 aromatic carbocycles. The molecule has 18 heavy (non-hydrogen) atoms. The van der Waals surface area contributed by atoms with E-state index in [1.54, 1.807) is 19.2 Å². The Morgan fingerprint density at radius 2 is 2.11 bits per heavy atom. The first kappa shape index (κ1) is 12.5. The molecule has 2 aromatic rings. The van der Waals surface area contributed by atoms with E-state index in [4.69, 9.17) is 11.6 Å². The number of aryl methyl sites for hydroxylation is 1. The van der Waals surface area contributed by atoms with Gasteiger partial charge < -0.3 is 5.32 Å². The van der Waals surface area contributed by atoms with Gasteiger partial charge in [0.1, 0.15) is 0 Å². The van der Waals surface area contributed by atoms with Crippen LogP contribution >= 0.6 is 11.6 Å². The number of nitrogens with one attached hydrogen (secondary N) is 1. The Morgan fingerprint density at radius 3 is 2.72 bits per heavy atom. The molecule has 94 valence electrons. The molecule has 0 saturated heterocycles. The van der Waals surface area contributed by atoms with E-state index in [-0.39, 0.29) is 5.91 Å². The van der Waals surface area contributed by atoms with Gasteiger partial charge in [-0.1, -0.05) is 23.7 Å². The van der Waals surface area contributed by atoms with Crippen molar-refractivity contribution < 1.29 is 4.79 Å². The maximum atomic E-state index is 11.7. The molecule has 1 amide bonds. The molecule has 1 heterocycles. The van der Waals surface area contributed by atoms with Crippen LogP contribution < -0.4 is 5.32 Å². The molecule has 1 N–H and O–H groups in total. The Balaban J connectivity index is 1.86. The summed E-state index contributed by atoms with van der Waals surface area (Å²) in [7, 11) is 1.72. The second-order valence-corrected chi connectivity index (χ2v) is 4.24. The van der Waals surface area contributed by atoms with Crippen LogP contribution in [0.1, 0.15) is 11.4 Å². The minimum atomic E-state index is -0.0830. The van der Waals surface area contributed by atoms with Crippen LogP contribution in [0.3, 0.4) is 0 Å². The summed E-state index contributed by atoms with van der Waals surface area (Å²) in [5.41, 5.74) is 0.910. The third-order valence-electron chi connectivity index (χ3n) is 2.43. The van der Waals surface area contributed by atoms with Crippen molar-refractivity contribution in [2.24, 2.45) is 7.05 Å². The molecule has 0 aliphatic rings. The number of tetrazole rings is 1. The highest BCUT2D eigenvalue weighted by Gasteiger charge is 2.06. The van der Waals surface area contributed by atoms with Crippen LogP contribution in [0, 0.1) is 0 Å². The van der Waals surface area contributed by atoms with E-state index < -0.39 is 0 Å². The Labute approximate surface area is 109 Å². The maximum Gasteiger partial charge on any atom is 0.224 e. The largest absolute Gasteiger partial charge is 0.348 e. The lowest BCUT2D eigenvalue weighted by Gasteiger charge is -2.04. The zero-order chi connectivity index (χ0) is 13.0. The van der Waals surface area contributed by atoms with Crippen molar-refractivity contribution in [3.63, 3.8) is 0 Å². The van der Waals surface area contributed by atoms with Gasteiger partial charge in [0, 0.05) is 12.1 Å². The number of aromatic nitrogens is 4. The van der Waals surface area contributed by atoms with Crippen LogP contribution in [0.25, 0.3) is 0 Å². The summed E-state index contributed by atoms with van der Waals surface area (Å²) in [6.45, 7) is 0.315. The number of halogens is 1. The average Bonchev–Trinajstić information content (AvgIpc) is 2.75. The number of hydrogen-bond donors (Lipinski definition) is 1. The van der Waals surface area contributed by atoms with Crippen molar-refractivity contribution in [3.05, 3.63) is 40.7 Å². The van der Waals surface area contributed by atoms with Gasteiger partial charge in [0.15, 0.2) is 5.82 Å². The Bertz CT molecular complexity index is 537. The molecule has 0 bridgehead atoms. The summed E-state index contributed by atoms with van der Waals surface area (Å²) >= 11 is 5.77. The summed E-state index contributed by atoms with van der Waals surface area (Å²) in [4.78, 5) is 11.7. The van der Waals surface area contributed by atoms with Crippen LogP contribution in [0.2, 0.25) is 5.02 Å². The van der Waals surface area contributed by atoms with Crippen molar-refractivity contribution in [2.75, 3.05) is 0 Å². The van der Waals surface area contributed by atoms with Gasteiger partial charge in [-0.3, -0.25) is 4.79 Å². The maximum absolute atomic E-state index is 11.7. The summed E-state index contributed by atoms with van der Waals surface area (Å²) in [5.74, 6) is 0.528. The monoisotopic (exact) mass is 265 g/mol. The van der Waals surface area contributed by atoms with Gasteiger partial charge in [0.25, 0.3) is 0 Å². The van der Waals surface area contributed by atoms with Crippen molar-refractivity contribution >= 4 is 17.5 Å². The molecule has 0 unspecified atom stereocenters. The van der Waals surface area contributed by atoms with Crippen LogP contribution in [-0.4, -0.2) is 26.1 Å². The molecule has 1 aromatic heterocycles. The van der Waals surface area contributed by atoms with E-state index in [0.717, 1.165) is 5.56 Å². The van der Waals surface area contributed by atoms with E-state index in [9.17, 15) is 4.79 Å². The van der Waals surface area contributed by atoms with Crippen LogP contribution in [0.4, 0.5) is 0 Å². The third kappa shape index (κ3) is 3.27. The van der Waals surface area contributed by atoms with Crippen molar-refractivity contribution in [2.45, 2.75) is 13.0 Å². The lowest BCUT2D eigenvalue weighted by Crippen LogP contribution is -2.26. The van der Waals surface area contributed by atoms with E-state index in [2.05, 4.69) is 20.8 Å². The Morgan fingerprint density at radius 1 is 1.39 bits per heavy atom. The topological polar surface area (TPSA) is 72.7 Å². The molecule has 0 fully saturated rings. The smallest absolute Gasteiger partial charge is 0.224 e. The van der Waals surface area contributed by atoms with Crippen molar-refractivity contribution in [1.82, 2.24) is 25.5 Å². The lowest BCUT2D eigenvalue weighted by atomic mass is 10.1. The zero-order valence-corrected chi connectivity index (χ0v) is 10.6. The van der Waals surface area contributed by atoms with Crippen molar-refractivity contribution in [1.29, 1.82) is 0 Å². The van der Waals surface area contributed by atoms with Gasteiger partial charge in [-0.25, -0.2) is 4.68 Å². The van der Waals surface area contributed by atoms with Gasteiger partial charge in [-0.05, 0) is 28.1 Å². The quantitative estimate of drug-likeness (QED) is 0.884. The lowest BCUT2D eigenvalue weighted by molar-refractivity contribution is -0.120. The molecule has 6 nitrogen and oxygen atoms in total. The van der Waals surface area contributed by atoms with Crippen molar-refractivity contribution in [3.8, 4) is 0 Å². The Kier molecular flexibility index (Phi) is 3.88. The van der Waals surface area contributed by atoms with E-state index >= 15 is 0 Å². The van der Waals surface area contributed by atoms with E-state index in [1.807, 2.05) is 12.1 Å². The van der Waals surface area contributed by atoms with Crippen LogP contribution in [-0.2, 0) is 24.8 Å². The number of carbonyl (C=O) groups excluding carboxylic acids is 1. The fourth-order valence-corrected chi connectivity index (χ4v) is 1.55. The number of amides is 1. The molecule has 0 radical (unpaired) electrons. The zero-order valence-electron chi connectivity index (χ0n) is 9.80. The molecule has 7 heteroatoms. The highest BCUT2D eigenvalue weighted by atomic mass is 35.5. The molecular weight excluding hydrogens is 254 g/mol. The SMILES string of the molecule is Cn1nnnc1CNC(=O)Cc1ccc(Cl)cc1. The van der Waals surface area contributed by atoms with Gasteiger partial charge in [-0.15, -0.1) is 5.10 Å². The predicted octanol–water partition coefficient (Wildman–Crippen LogP) is 0.722. The molecular formula is C11H12ClN5O. The number of benzene rings is 1. The third-order valence-corrected chi connectivity index (χ3v) is 2.68. The first-order valence-corrected chi connectivity index (χ1v) is 5.75. The fraction of sp³-hybridized carbons (Fsp3) is 0.273. The normalized spacial score (nSPS) is 10.3. The highest BCUT2D eigenvalue weighted by Crippen LogP contribution is 2.09. The predicted molar refractivity (Wildman–Crippen MR) is 65.8 cm³/mol. The molecule has 0 aliphatic carbocycles. The molecule has 0 spiro atoms.